The van der Waals surface area contributed by atoms with E-state index in [1.165, 1.54) is 5.56 Å². The molecule has 0 aliphatic heterocycles. The lowest BCUT2D eigenvalue weighted by Gasteiger charge is -2.23. The van der Waals surface area contributed by atoms with Gasteiger partial charge in [0.05, 0.1) is 20.8 Å². The van der Waals surface area contributed by atoms with Crippen LogP contribution in [-0.2, 0) is 16.6 Å². The van der Waals surface area contributed by atoms with E-state index in [-0.39, 0.29) is 17.9 Å². The van der Waals surface area contributed by atoms with Crippen molar-refractivity contribution in [3.63, 3.8) is 0 Å². The Bertz CT molecular complexity index is 766. The zero-order chi connectivity index (χ0) is 19.9. The van der Waals surface area contributed by atoms with E-state index in [1.807, 2.05) is 36.4 Å². The number of methoxy groups -OCH3 is 2. The van der Waals surface area contributed by atoms with Crippen molar-refractivity contribution < 1.29 is 14.3 Å². The normalized spacial score (nSPS) is 11.0. The summed E-state index contributed by atoms with van der Waals surface area (Å²) >= 11 is 0. The molecule has 0 fully saturated rings. The maximum Gasteiger partial charge on any atom is 0.239 e. The van der Waals surface area contributed by atoms with Crippen LogP contribution in [0.2, 0.25) is 0 Å². The van der Waals surface area contributed by atoms with E-state index >= 15 is 0 Å². The summed E-state index contributed by atoms with van der Waals surface area (Å²) in [6, 6.07) is 13.9. The van der Waals surface area contributed by atoms with E-state index in [0.29, 0.717) is 18.0 Å². The summed E-state index contributed by atoms with van der Waals surface area (Å²) in [5.41, 5.74) is 3.30. The fraction of sp³-hybridized carbons (Fsp3) is 0.409. The summed E-state index contributed by atoms with van der Waals surface area (Å²) in [7, 11) is 3.23. The molecule has 27 heavy (non-hydrogen) atoms. The van der Waals surface area contributed by atoms with E-state index in [1.54, 1.807) is 14.2 Å². The Balaban J connectivity index is 1.84. The third-order valence-corrected chi connectivity index (χ3v) is 4.36. The van der Waals surface area contributed by atoms with Gasteiger partial charge in [-0.05, 0) is 41.2 Å². The van der Waals surface area contributed by atoms with E-state index in [2.05, 4.69) is 37.5 Å². The van der Waals surface area contributed by atoms with Gasteiger partial charge in [0.2, 0.25) is 5.91 Å². The first-order chi connectivity index (χ1) is 12.8. The van der Waals surface area contributed by atoms with Gasteiger partial charge < -0.3 is 20.1 Å². The fourth-order valence-electron chi connectivity index (χ4n) is 2.91. The molecule has 0 atom stereocenters. The minimum absolute atomic E-state index is 0.0213. The highest BCUT2D eigenvalue weighted by Gasteiger charge is 2.17. The Hall–Kier alpha value is -2.69. The number of ether oxygens (including phenoxy) is 2. The molecular formula is C22H30N2O3. The molecule has 0 aliphatic carbocycles. The van der Waals surface area contributed by atoms with Gasteiger partial charge in [-0.3, -0.25) is 4.79 Å². The van der Waals surface area contributed by atoms with Crippen LogP contribution in [0.1, 0.15) is 31.9 Å². The predicted octanol–water partition coefficient (Wildman–Crippen LogP) is 3.77. The maximum absolute atomic E-state index is 12.2. The fourth-order valence-corrected chi connectivity index (χ4v) is 2.91. The molecule has 0 saturated carbocycles. The number of carbonyl (C=O) groups is 1. The molecule has 0 aliphatic rings. The van der Waals surface area contributed by atoms with Crippen LogP contribution in [0.5, 0.6) is 11.5 Å². The van der Waals surface area contributed by atoms with Gasteiger partial charge in [-0.15, -0.1) is 0 Å². The third-order valence-electron chi connectivity index (χ3n) is 4.36. The summed E-state index contributed by atoms with van der Waals surface area (Å²) in [6.45, 7) is 7.31. The molecular weight excluding hydrogens is 340 g/mol. The number of para-hydroxylation sites is 1. The highest BCUT2D eigenvalue weighted by Crippen LogP contribution is 2.29. The first-order valence-electron chi connectivity index (χ1n) is 9.16. The van der Waals surface area contributed by atoms with Gasteiger partial charge >= 0.3 is 0 Å². The lowest BCUT2D eigenvalue weighted by molar-refractivity contribution is -0.119. The Labute approximate surface area is 162 Å². The highest BCUT2D eigenvalue weighted by molar-refractivity contribution is 5.81. The Kier molecular flexibility index (Phi) is 7.11. The van der Waals surface area contributed by atoms with Crippen molar-refractivity contribution in [2.45, 2.75) is 32.6 Å². The van der Waals surface area contributed by atoms with Crippen molar-refractivity contribution in [1.82, 2.24) is 5.32 Å². The first kappa shape index (κ1) is 20.6. The second-order valence-electron chi connectivity index (χ2n) is 7.44. The molecule has 2 N–H and O–H groups in total. The van der Waals surface area contributed by atoms with Gasteiger partial charge in [-0.1, -0.05) is 45.0 Å². The number of hydrogen-bond acceptors (Lipinski definition) is 4. The molecule has 0 heterocycles. The quantitative estimate of drug-likeness (QED) is 0.743. The standard InChI is InChI=1S/C22H30N2O3/c1-22(2,3)17-8-6-7-9-18(17)24-15-21(25)23-13-12-16-10-11-19(26-4)20(14-16)27-5/h6-11,14,24H,12-13,15H2,1-5H3,(H,23,25). The van der Waals surface area contributed by atoms with Crippen molar-refractivity contribution in [3.8, 4) is 11.5 Å². The largest absolute Gasteiger partial charge is 0.493 e. The van der Waals surface area contributed by atoms with Crippen molar-refractivity contribution in [3.05, 3.63) is 53.6 Å². The molecule has 0 saturated heterocycles. The van der Waals surface area contributed by atoms with Crippen LogP contribution in [0, 0.1) is 0 Å². The minimum atomic E-state index is -0.0285. The second-order valence-corrected chi connectivity index (χ2v) is 7.44. The SMILES string of the molecule is COc1ccc(CCNC(=O)CNc2ccccc2C(C)(C)C)cc1OC. The molecule has 0 radical (unpaired) electrons. The monoisotopic (exact) mass is 370 g/mol. The van der Waals surface area contributed by atoms with Crippen LogP contribution in [-0.4, -0.2) is 33.2 Å². The number of nitrogens with one attached hydrogen (secondary N) is 2. The highest BCUT2D eigenvalue weighted by atomic mass is 16.5. The van der Waals surface area contributed by atoms with E-state index < -0.39 is 0 Å². The van der Waals surface area contributed by atoms with Crippen molar-refractivity contribution in [1.29, 1.82) is 0 Å². The van der Waals surface area contributed by atoms with Gasteiger partial charge in [0.1, 0.15) is 0 Å². The number of amides is 1. The van der Waals surface area contributed by atoms with E-state index in [4.69, 9.17) is 9.47 Å². The number of carbonyl (C=O) groups excluding carboxylic acids is 1. The van der Waals surface area contributed by atoms with Crippen LogP contribution >= 0.6 is 0 Å². The molecule has 0 bridgehead atoms. The van der Waals surface area contributed by atoms with E-state index in [0.717, 1.165) is 17.7 Å². The number of rotatable bonds is 8. The van der Waals surface area contributed by atoms with Crippen molar-refractivity contribution >= 4 is 11.6 Å². The van der Waals surface area contributed by atoms with Gasteiger partial charge in [0, 0.05) is 12.2 Å². The molecule has 5 heteroatoms. The smallest absolute Gasteiger partial charge is 0.239 e. The third kappa shape index (κ3) is 5.91. The number of hydrogen-bond donors (Lipinski definition) is 2. The molecule has 2 aromatic carbocycles. The van der Waals surface area contributed by atoms with Crippen LogP contribution in [0.3, 0.4) is 0 Å². The Morgan fingerprint density at radius 2 is 1.70 bits per heavy atom. The van der Waals surface area contributed by atoms with Crippen LogP contribution in [0.25, 0.3) is 0 Å². The van der Waals surface area contributed by atoms with Gasteiger partial charge in [0.15, 0.2) is 11.5 Å². The van der Waals surface area contributed by atoms with Gasteiger partial charge in [-0.25, -0.2) is 0 Å². The average Bonchev–Trinajstić information content (AvgIpc) is 2.65. The molecule has 0 spiro atoms. The number of anilines is 1. The lowest BCUT2D eigenvalue weighted by Crippen LogP contribution is -2.32. The average molecular weight is 370 g/mol. The Morgan fingerprint density at radius 3 is 2.37 bits per heavy atom. The molecule has 146 valence electrons. The maximum atomic E-state index is 12.2. The van der Waals surface area contributed by atoms with Crippen LogP contribution < -0.4 is 20.1 Å². The molecule has 5 nitrogen and oxygen atoms in total. The minimum Gasteiger partial charge on any atom is -0.493 e. The summed E-state index contributed by atoms with van der Waals surface area (Å²) in [5.74, 6) is 1.37. The molecule has 1 amide bonds. The summed E-state index contributed by atoms with van der Waals surface area (Å²) in [5, 5.41) is 6.21. The van der Waals surface area contributed by atoms with Gasteiger partial charge in [-0.2, -0.15) is 0 Å². The van der Waals surface area contributed by atoms with E-state index in [9.17, 15) is 4.79 Å². The second kappa shape index (κ2) is 9.31. The lowest BCUT2D eigenvalue weighted by atomic mass is 9.86. The van der Waals surface area contributed by atoms with Crippen molar-refractivity contribution in [2.75, 3.05) is 32.6 Å². The van der Waals surface area contributed by atoms with Gasteiger partial charge in [0.25, 0.3) is 0 Å². The molecule has 0 aromatic heterocycles. The predicted molar refractivity (Wildman–Crippen MR) is 110 cm³/mol. The summed E-state index contributed by atoms with van der Waals surface area (Å²) < 4.78 is 10.5. The summed E-state index contributed by atoms with van der Waals surface area (Å²) in [6.07, 6.45) is 0.727. The molecule has 2 rings (SSSR count). The molecule has 2 aromatic rings. The number of benzene rings is 2. The topological polar surface area (TPSA) is 59.6 Å². The Morgan fingerprint density at radius 1 is 1.00 bits per heavy atom. The zero-order valence-corrected chi connectivity index (χ0v) is 16.9. The summed E-state index contributed by atoms with van der Waals surface area (Å²) in [4.78, 5) is 12.2. The van der Waals surface area contributed by atoms with Crippen molar-refractivity contribution in [2.24, 2.45) is 0 Å². The molecule has 0 unspecified atom stereocenters. The zero-order valence-electron chi connectivity index (χ0n) is 16.9. The van der Waals surface area contributed by atoms with Crippen LogP contribution in [0.15, 0.2) is 42.5 Å². The first-order valence-corrected chi connectivity index (χ1v) is 9.16. The van der Waals surface area contributed by atoms with Crippen LogP contribution in [0.4, 0.5) is 5.69 Å².